The third-order valence-corrected chi connectivity index (χ3v) is 4.17. The van der Waals surface area contributed by atoms with Crippen molar-refractivity contribution in [2.75, 3.05) is 31.1 Å². The summed E-state index contributed by atoms with van der Waals surface area (Å²) in [7, 11) is -5.14. The molecule has 1 aromatic rings. The van der Waals surface area contributed by atoms with Crippen LogP contribution in [-0.4, -0.2) is 34.6 Å². The molecule has 1 N–H and O–H groups in total. The Balaban J connectivity index is 2.56. The number of nitrogens with zero attached hydrogens (tertiary/aromatic N) is 4. The molecule has 0 aromatic heterocycles. The quantitative estimate of drug-likeness (QED) is 0.381. The van der Waals surface area contributed by atoms with Gasteiger partial charge in [-0.05, 0) is 36.6 Å². The maximum atomic E-state index is 13.0. The van der Waals surface area contributed by atoms with Crippen LogP contribution in [0.5, 0.6) is 5.75 Å². The monoisotopic (exact) mass is 343 g/mol. The highest BCUT2D eigenvalue weighted by atomic mass is 32.3. The lowest BCUT2D eigenvalue weighted by molar-refractivity contribution is 0.436. The van der Waals surface area contributed by atoms with E-state index in [1.165, 1.54) is 0 Å². The summed E-state index contributed by atoms with van der Waals surface area (Å²) >= 11 is 0. The highest BCUT2D eigenvalue weighted by Crippen LogP contribution is 2.36. The minimum atomic E-state index is -5.14. The Morgan fingerprint density at radius 3 is 2.61 bits per heavy atom. The molecule has 0 unspecified atom stereocenters. The van der Waals surface area contributed by atoms with E-state index in [4.69, 9.17) is 5.53 Å². The van der Waals surface area contributed by atoms with Crippen molar-refractivity contribution in [2.45, 2.75) is 20.4 Å². The Kier molecular flexibility index (Phi) is 5.30. The molecule has 1 aliphatic rings. The first-order valence-corrected chi connectivity index (χ1v) is 8.38. The van der Waals surface area contributed by atoms with Crippen LogP contribution < -0.4 is 14.4 Å². The number of piperazine rings is 1. The summed E-state index contributed by atoms with van der Waals surface area (Å²) in [5.74, 6) is -0.0494. The van der Waals surface area contributed by atoms with E-state index in [0.717, 1.165) is 31.9 Å². The third kappa shape index (κ3) is 4.25. The SMILES string of the molecule is Cc1c(CN=[N+]=[N-])cc(N2CCNCC2)c(C)c1OS(=O)(=O)F. The summed E-state index contributed by atoms with van der Waals surface area (Å²) in [5.41, 5.74) is 10.8. The van der Waals surface area contributed by atoms with Gasteiger partial charge < -0.3 is 14.4 Å². The molecule has 0 spiro atoms. The van der Waals surface area contributed by atoms with Crippen LogP contribution in [0, 0.1) is 13.8 Å². The van der Waals surface area contributed by atoms with Crippen LogP contribution >= 0.6 is 0 Å². The van der Waals surface area contributed by atoms with E-state index < -0.39 is 10.5 Å². The first-order chi connectivity index (χ1) is 10.8. The Bertz CT molecular complexity index is 740. The zero-order valence-electron chi connectivity index (χ0n) is 12.9. The lowest BCUT2D eigenvalue weighted by Crippen LogP contribution is -2.43. The Morgan fingerprint density at radius 2 is 2.04 bits per heavy atom. The zero-order valence-corrected chi connectivity index (χ0v) is 13.7. The fraction of sp³-hybridized carbons (Fsp3) is 0.538. The molecule has 1 saturated heterocycles. The lowest BCUT2D eigenvalue weighted by Gasteiger charge is -2.32. The molecule has 0 radical (unpaired) electrons. The van der Waals surface area contributed by atoms with Crippen molar-refractivity contribution in [1.82, 2.24) is 5.32 Å². The second-order valence-corrected chi connectivity index (χ2v) is 6.19. The molecule has 1 aliphatic heterocycles. The predicted molar refractivity (Wildman–Crippen MR) is 84.5 cm³/mol. The molecule has 1 heterocycles. The number of rotatable bonds is 5. The number of hydrogen-bond donors (Lipinski definition) is 1. The fourth-order valence-corrected chi connectivity index (χ4v) is 3.10. The molecular formula is C13H18FN5O3S. The van der Waals surface area contributed by atoms with E-state index in [9.17, 15) is 12.3 Å². The molecule has 1 aromatic carbocycles. The summed E-state index contributed by atoms with van der Waals surface area (Å²) in [5, 5.41) is 6.73. The topological polar surface area (TPSA) is 107 Å². The molecule has 0 bridgehead atoms. The molecule has 10 heteroatoms. The Labute approximate surface area is 134 Å². The van der Waals surface area contributed by atoms with Gasteiger partial charge in [-0.1, -0.05) is 9.00 Å². The van der Waals surface area contributed by atoms with Crippen LogP contribution in [0.1, 0.15) is 16.7 Å². The van der Waals surface area contributed by atoms with E-state index in [1.54, 1.807) is 13.8 Å². The van der Waals surface area contributed by atoms with Gasteiger partial charge in [-0.25, -0.2) is 0 Å². The maximum Gasteiger partial charge on any atom is 0.488 e. The molecule has 126 valence electrons. The molecule has 23 heavy (non-hydrogen) atoms. The van der Waals surface area contributed by atoms with Crippen LogP contribution in [0.2, 0.25) is 0 Å². The van der Waals surface area contributed by atoms with Gasteiger partial charge in [0.1, 0.15) is 0 Å². The van der Waals surface area contributed by atoms with Gasteiger partial charge in [-0.2, -0.15) is 8.42 Å². The molecule has 0 aliphatic carbocycles. The molecule has 2 rings (SSSR count). The Hall–Kier alpha value is -2.03. The van der Waals surface area contributed by atoms with Gasteiger partial charge >= 0.3 is 10.5 Å². The smallest absolute Gasteiger partial charge is 0.369 e. The van der Waals surface area contributed by atoms with Gasteiger partial charge in [0, 0.05) is 42.3 Å². The van der Waals surface area contributed by atoms with Crippen molar-refractivity contribution in [1.29, 1.82) is 0 Å². The molecule has 1 fully saturated rings. The van der Waals surface area contributed by atoms with Gasteiger partial charge in [0.15, 0.2) is 5.75 Å². The number of hydrogen-bond acceptors (Lipinski definition) is 6. The van der Waals surface area contributed by atoms with E-state index in [0.29, 0.717) is 16.7 Å². The summed E-state index contributed by atoms with van der Waals surface area (Å²) in [6.07, 6.45) is 0. The standard InChI is InChI=1S/C13H18FN5O3S/c1-9-11(8-17-18-15)7-12(19-5-3-16-4-6-19)10(2)13(9)22-23(14,20)21/h7,16H,3-6,8H2,1-2H3. The number of azide groups is 1. The minimum absolute atomic E-state index is 0.0321. The molecule has 0 saturated carbocycles. The minimum Gasteiger partial charge on any atom is -0.369 e. The third-order valence-electron chi connectivity index (χ3n) is 3.80. The van der Waals surface area contributed by atoms with Gasteiger partial charge in [-0.15, -0.1) is 0 Å². The molecule has 8 nitrogen and oxygen atoms in total. The van der Waals surface area contributed by atoms with Crippen LogP contribution in [0.3, 0.4) is 0 Å². The van der Waals surface area contributed by atoms with Crippen molar-refractivity contribution >= 4 is 16.2 Å². The van der Waals surface area contributed by atoms with Crippen LogP contribution in [0.15, 0.2) is 11.2 Å². The highest BCUT2D eigenvalue weighted by molar-refractivity contribution is 7.81. The van der Waals surface area contributed by atoms with Crippen molar-refractivity contribution in [2.24, 2.45) is 5.11 Å². The van der Waals surface area contributed by atoms with Gasteiger partial charge in [-0.3, -0.25) is 0 Å². The van der Waals surface area contributed by atoms with Crippen molar-refractivity contribution in [3.05, 3.63) is 33.2 Å². The predicted octanol–water partition coefficient (Wildman–Crippen LogP) is 2.12. The van der Waals surface area contributed by atoms with Crippen LogP contribution in [-0.2, 0) is 17.0 Å². The summed E-state index contributed by atoms with van der Waals surface area (Å²) in [4.78, 5) is 4.77. The molecular weight excluding hydrogens is 325 g/mol. The van der Waals surface area contributed by atoms with E-state index in [1.807, 2.05) is 6.07 Å². The van der Waals surface area contributed by atoms with E-state index in [-0.39, 0.29) is 12.3 Å². The largest absolute Gasteiger partial charge is 0.488 e. The fourth-order valence-electron chi connectivity index (χ4n) is 2.66. The number of benzene rings is 1. The van der Waals surface area contributed by atoms with Crippen LogP contribution in [0.25, 0.3) is 10.4 Å². The Morgan fingerprint density at radius 1 is 1.39 bits per heavy atom. The normalized spacial score (nSPS) is 15.2. The van der Waals surface area contributed by atoms with E-state index in [2.05, 4.69) is 24.4 Å². The van der Waals surface area contributed by atoms with Crippen molar-refractivity contribution in [3.63, 3.8) is 0 Å². The van der Waals surface area contributed by atoms with Crippen molar-refractivity contribution in [3.8, 4) is 5.75 Å². The van der Waals surface area contributed by atoms with Crippen LogP contribution in [0.4, 0.5) is 9.57 Å². The van der Waals surface area contributed by atoms with E-state index >= 15 is 0 Å². The first-order valence-electron chi connectivity index (χ1n) is 7.07. The second kappa shape index (κ2) is 7.03. The van der Waals surface area contributed by atoms with Gasteiger partial charge in [0.2, 0.25) is 0 Å². The molecule has 0 amide bonds. The second-order valence-electron chi connectivity index (χ2n) is 5.24. The maximum absolute atomic E-state index is 13.0. The average Bonchev–Trinajstić information content (AvgIpc) is 2.51. The highest BCUT2D eigenvalue weighted by Gasteiger charge is 2.22. The number of anilines is 1. The summed E-state index contributed by atoms with van der Waals surface area (Å²) < 4.78 is 39.4. The zero-order chi connectivity index (χ0) is 17.0. The summed E-state index contributed by atoms with van der Waals surface area (Å²) in [6, 6.07) is 1.84. The summed E-state index contributed by atoms with van der Waals surface area (Å²) in [6.45, 7) is 6.36. The van der Waals surface area contributed by atoms with Crippen molar-refractivity contribution < 1.29 is 16.5 Å². The van der Waals surface area contributed by atoms with Gasteiger partial charge in [0.05, 0.1) is 6.54 Å². The molecule has 0 atom stereocenters. The average molecular weight is 343 g/mol. The lowest BCUT2D eigenvalue weighted by atomic mass is 10.0. The van der Waals surface area contributed by atoms with Gasteiger partial charge in [0.25, 0.3) is 0 Å². The number of halogens is 1. The number of nitrogens with one attached hydrogen (secondary N) is 1. The first kappa shape index (κ1) is 17.3.